The molecule has 0 bridgehead atoms. The monoisotopic (exact) mass is 298 g/mol. The molecular weight excluding hydrogens is 280 g/mol. The summed E-state index contributed by atoms with van der Waals surface area (Å²) in [7, 11) is 0. The molecule has 22 heavy (non-hydrogen) atoms. The molecule has 0 saturated carbocycles. The first-order valence-corrected chi connectivity index (χ1v) is 6.90. The van der Waals surface area contributed by atoms with Gasteiger partial charge in [-0.3, -0.25) is 20.4 Å². The van der Waals surface area contributed by atoms with Gasteiger partial charge in [-0.1, -0.05) is 24.3 Å². The van der Waals surface area contributed by atoms with E-state index >= 15 is 0 Å². The van der Waals surface area contributed by atoms with Crippen LogP contribution in [0.5, 0.6) is 5.75 Å². The molecule has 0 spiro atoms. The lowest BCUT2D eigenvalue weighted by atomic mass is 10.1. The summed E-state index contributed by atoms with van der Waals surface area (Å²) in [6, 6.07) is 14.4. The minimum atomic E-state index is -0.427. The lowest BCUT2D eigenvalue weighted by molar-refractivity contribution is -0.123. The molecule has 114 valence electrons. The number of hydrazine groups is 1. The predicted molar refractivity (Wildman–Crippen MR) is 83.5 cm³/mol. The Morgan fingerprint density at radius 3 is 2.23 bits per heavy atom. The Morgan fingerprint density at radius 1 is 0.955 bits per heavy atom. The van der Waals surface area contributed by atoms with Crippen molar-refractivity contribution in [2.45, 2.75) is 13.8 Å². The molecule has 5 nitrogen and oxygen atoms in total. The molecule has 0 saturated heterocycles. The van der Waals surface area contributed by atoms with E-state index in [0.717, 1.165) is 11.1 Å². The second kappa shape index (κ2) is 7.26. The van der Waals surface area contributed by atoms with E-state index in [-0.39, 0.29) is 12.5 Å². The van der Waals surface area contributed by atoms with Gasteiger partial charge in [0.1, 0.15) is 5.75 Å². The van der Waals surface area contributed by atoms with Crippen molar-refractivity contribution in [3.63, 3.8) is 0 Å². The molecule has 2 aromatic carbocycles. The fourth-order valence-electron chi connectivity index (χ4n) is 1.99. The first-order valence-electron chi connectivity index (χ1n) is 6.90. The van der Waals surface area contributed by atoms with Crippen LogP contribution in [0.15, 0.2) is 48.5 Å². The van der Waals surface area contributed by atoms with Crippen LogP contribution in [0.4, 0.5) is 0 Å². The number of nitrogens with one attached hydrogen (secondary N) is 2. The van der Waals surface area contributed by atoms with Crippen LogP contribution in [0.1, 0.15) is 21.5 Å². The van der Waals surface area contributed by atoms with Crippen molar-refractivity contribution in [2.24, 2.45) is 0 Å². The van der Waals surface area contributed by atoms with Gasteiger partial charge in [0.25, 0.3) is 11.8 Å². The van der Waals surface area contributed by atoms with Crippen LogP contribution in [-0.2, 0) is 4.79 Å². The van der Waals surface area contributed by atoms with E-state index in [1.54, 1.807) is 24.3 Å². The number of hydrogen-bond acceptors (Lipinski definition) is 3. The highest BCUT2D eigenvalue weighted by atomic mass is 16.5. The highest BCUT2D eigenvalue weighted by Gasteiger charge is 2.07. The number of ether oxygens (including phenoxy) is 1. The summed E-state index contributed by atoms with van der Waals surface area (Å²) in [4.78, 5) is 23.4. The molecule has 2 aromatic rings. The van der Waals surface area contributed by atoms with Crippen LogP contribution in [0.25, 0.3) is 0 Å². The standard InChI is InChI=1S/C17H18N2O3/c1-12-8-13(2)10-15(9-12)22-11-16(20)18-19-17(21)14-6-4-3-5-7-14/h3-10H,11H2,1-2H3,(H,18,20)(H,19,21). The topological polar surface area (TPSA) is 67.4 Å². The van der Waals surface area contributed by atoms with Crippen LogP contribution in [-0.4, -0.2) is 18.4 Å². The summed E-state index contributed by atoms with van der Waals surface area (Å²) in [5, 5.41) is 0. The molecule has 2 rings (SSSR count). The second-order valence-electron chi connectivity index (χ2n) is 4.98. The smallest absolute Gasteiger partial charge is 0.276 e. The van der Waals surface area contributed by atoms with Gasteiger partial charge >= 0.3 is 0 Å². The summed E-state index contributed by atoms with van der Waals surface area (Å²) >= 11 is 0. The van der Waals surface area contributed by atoms with Gasteiger partial charge in [-0.2, -0.15) is 0 Å². The Balaban J connectivity index is 1.80. The Labute approximate surface area is 129 Å². The molecule has 0 aliphatic carbocycles. The van der Waals surface area contributed by atoms with Crippen LogP contribution < -0.4 is 15.6 Å². The molecule has 0 radical (unpaired) electrons. The minimum absolute atomic E-state index is 0.169. The van der Waals surface area contributed by atoms with E-state index in [1.807, 2.05) is 38.1 Å². The third kappa shape index (κ3) is 4.63. The van der Waals surface area contributed by atoms with Crippen LogP contribution in [0.3, 0.4) is 0 Å². The van der Waals surface area contributed by atoms with Gasteiger partial charge in [0, 0.05) is 5.56 Å². The molecule has 0 aromatic heterocycles. The van der Waals surface area contributed by atoms with E-state index in [4.69, 9.17) is 4.74 Å². The molecule has 0 aliphatic rings. The number of amides is 2. The zero-order chi connectivity index (χ0) is 15.9. The highest BCUT2D eigenvalue weighted by molar-refractivity contribution is 5.95. The van der Waals surface area contributed by atoms with Crippen molar-refractivity contribution in [1.29, 1.82) is 0 Å². The Bertz CT molecular complexity index is 649. The minimum Gasteiger partial charge on any atom is -0.484 e. The maximum atomic E-state index is 11.7. The number of aryl methyl sites for hydroxylation is 2. The molecule has 0 atom stereocenters. The van der Waals surface area contributed by atoms with Gasteiger partial charge in [0.05, 0.1) is 0 Å². The van der Waals surface area contributed by atoms with Gasteiger partial charge in [0.2, 0.25) is 0 Å². The normalized spacial score (nSPS) is 9.91. The lowest BCUT2D eigenvalue weighted by Crippen LogP contribution is -2.43. The first-order chi connectivity index (χ1) is 10.5. The van der Waals surface area contributed by atoms with Gasteiger partial charge in [-0.05, 0) is 49.2 Å². The van der Waals surface area contributed by atoms with E-state index < -0.39 is 5.91 Å². The lowest BCUT2D eigenvalue weighted by Gasteiger charge is -2.10. The van der Waals surface area contributed by atoms with E-state index in [2.05, 4.69) is 10.9 Å². The number of carbonyl (C=O) groups excluding carboxylic acids is 2. The van der Waals surface area contributed by atoms with Gasteiger partial charge in [0.15, 0.2) is 6.61 Å². The molecular formula is C17H18N2O3. The molecule has 5 heteroatoms. The van der Waals surface area contributed by atoms with Gasteiger partial charge < -0.3 is 4.74 Å². The number of benzene rings is 2. The SMILES string of the molecule is Cc1cc(C)cc(OCC(=O)NNC(=O)c2ccccc2)c1. The van der Waals surface area contributed by atoms with E-state index in [1.165, 1.54) is 0 Å². The van der Waals surface area contributed by atoms with Crippen molar-refractivity contribution in [1.82, 2.24) is 10.9 Å². The zero-order valence-corrected chi connectivity index (χ0v) is 12.6. The molecule has 0 aliphatic heterocycles. The largest absolute Gasteiger partial charge is 0.484 e. The maximum absolute atomic E-state index is 11.7. The van der Waals surface area contributed by atoms with Crippen molar-refractivity contribution >= 4 is 11.8 Å². The Kier molecular flexibility index (Phi) is 5.14. The maximum Gasteiger partial charge on any atom is 0.276 e. The number of hydrogen-bond donors (Lipinski definition) is 2. The number of carbonyl (C=O) groups is 2. The molecule has 2 N–H and O–H groups in total. The fourth-order valence-corrected chi connectivity index (χ4v) is 1.99. The van der Waals surface area contributed by atoms with Crippen molar-refractivity contribution < 1.29 is 14.3 Å². The average Bonchev–Trinajstić information content (AvgIpc) is 2.50. The van der Waals surface area contributed by atoms with Crippen molar-refractivity contribution in [2.75, 3.05) is 6.61 Å². The van der Waals surface area contributed by atoms with Crippen LogP contribution >= 0.6 is 0 Å². The van der Waals surface area contributed by atoms with Crippen molar-refractivity contribution in [3.05, 3.63) is 65.2 Å². The van der Waals surface area contributed by atoms with Crippen LogP contribution in [0.2, 0.25) is 0 Å². The predicted octanol–water partition coefficient (Wildman–Crippen LogP) is 2.14. The third-order valence-corrected chi connectivity index (χ3v) is 2.92. The summed E-state index contributed by atoms with van der Waals surface area (Å²) in [6.07, 6.45) is 0. The molecule has 0 fully saturated rings. The number of rotatable bonds is 4. The zero-order valence-electron chi connectivity index (χ0n) is 12.6. The highest BCUT2D eigenvalue weighted by Crippen LogP contribution is 2.15. The summed E-state index contributed by atoms with van der Waals surface area (Å²) in [5.41, 5.74) is 7.25. The first kappa shape index (κ1) is 15.6. The third-order valence-electron chi connectivity index (χ3n) is 2.92. The summed E-state index contributed by atoms with van der Waals surface area (Å²) in [6.45, 7) is 3.75. The second-order valence-corrected chi connectivity index (χ2v) is 4.98. The Morgan fingerprint density at radius 2 is 1.59 bits per heavy atom. The summed E-state index contributed by atoms with van der Waals surface area (Å²) in [5.74, 6) is -0.175. The van der Waals surface area contributed by atoms with E-state index in [9.17, 15) is 9.59 Å². The van der Waals surface area contributed by atoms with Gasteiger partial charge in [-0.15, -0.1) is 0 Å². The Hall–Kier alpha value is -2.82. The molecule has 0 heterocycles. The molecule has 2 amide bonds. The van der Waals surface area contributed by atoms with Crippen molar-refractivity contribution in [3.8, 4) is 5.75 Å². The quantitative estimate of drug-likeness (QED) is 0.850. The van der Waals surface area contributed by atoms with Crippen LogP contribution in [0, 0.1) is 13.8 Å². The molecule has 0 unspecified atom stereocenters. The summed E-state index contributed by atoms with van der Waals surface area (Å²) < 4.78 is 5.40. The van der Waals surface area contributed by atoms with Gasteiger partial charge in [-0.25, -0.2) is 0 Å². The average molecular weight is 298 g/mol. The van der Waals surface area contributed by atoms with E-state index in [0.29, 0.717) is 11.3 Å². The fraction of sp³-hybridized carbons (Fsp3) is 0.176.